The van der Waals surface area contributed by atoms with Crippen molar-refractivity contribution in [3.63, 3.8) is 0 Å². The van der Waals surface area contributed by atoms with Gasteiger partial charge in [0.15, 0.2) is 0 Å². The summed E-state index contributed by atoms with van der Waals surface area (Å²) < 4.78 is 31.2. The molecule has 17 nitrogen and oxygen atoms in total. The Balaban J connectivity index is 1.09. The van der Waals surface area contributed by atoms with Gasteiger partial charge < -0.3 is 55.1 Å². The minimum absolute atomic E-state index is 0.151. The second kappa shape index (κ2) is 22.7. The number of likely N-dealkylation sites (tertiary alicyclic amines) is 2. The van der Waals surface area contributed by atoms with Crippen LogP contribution in [0.1, 0.15) is 82.0 Å². The van der Waals surface area contributed by atoms with Crippen molar-refractivity contribution < 1.29 is 47.4 Å². The van der Waals surface area contributed by atoms with Gasteiger partial charge in [0, 0.05) is 37.3 Å². The number of carbonyl (C=O) groups excluding carboxylic acids is 6. The van der Waals surface area contributed by atoms with Crippen molar-refractivity contribution in [2.75, 3.05) is 67.9 Å². The van der Waals surface area contributed by atoms with Crippen molar-refractivity contribution in [1.29, 1.82) is 0 Å². The molecule has 0 spiro atoms. The molecule has 4 saturated heterocycles. The number of nitrogens with one attached hydrogen (secondary N) is 4. The maximum absolute atomic E-state index is 16.4. The summed E-state index contributed by atoms with van der Waals surface area (Å²) in [6.45, 7) is 10.7. The third-order valence-electron chi connectivity index (χ3n) is 14.6. The van der Waals surface area contributed by atoms with Crippen molar-refractivity contribution in [3.05, 3.63) is 83.7 Å². The van der Waals surface area contributed by atoms with Crippen LogP contribution in [0.5, 0.6) is 0 Å². The van der Waals surface area contributed by atoms with Gasteiger partial charge in [0.05, 0.1) is 38.1 Å². The van der Waals surface area contributed by atoms with E-state index in [1.165, 1.54) is 31.1 Å². The molecule has 4 N–H and O–H groups in total. The molecule has 70 heavy (non-hydrogen) atoms. The lowest BCUT2D eigenvalue weighted by Gasteiger charge is -2.44. The Morgan fingerprint density at radius 3 is 1.66 bits per heavy atom. The molecule has 0 aliphatic carbocycles. The SMILES string of the molecule is CC[C@H](NC(=O)OC)C(=O)N1CCC[C@H]1C(=O)Nc1ccc([C@H]2CC[C@H](c3ccc(NC(=O)[C@@H]4CCCN4C(=O)[C@@H](NC(=O)OC)[C@@H](C)OC)cc3)N2c2ccc(N3CC[Si-](C)(C)CC3)c(F)c2)cc1. The van der Waals surface area contributed by atoms with Crippen molar-refractivity contribution in [1.82, 2.24) is 20.4 Å². The van der Waals surface area contributed by atoms with E-state index in [-0.39, 0.29) is 35.6 Å². The molecule has 0 saturated carbocycles. The molecule has 7 atom stereocenters. The second-order valence-corrected chi connectivity index (χ2v) is 24.9. The Hall–Kier alpha value is -6.21. The minimum atomic E-state index is -1.28. The van der Waals surface area contributed by atoms with Gasteiger partial charge in [-0.1, -0.05) is 31.2 Å². The van der Waals surface area contributed by atoms with Gasteiger partial charge in [-0.3, -0.25) is 19.2 Å². The predicted octanol–water partition coefficient (Wildman–Crippen LogP) is 7.19. The molecule has 3 aromatic rings. The molecule has 0 bridgehead atoms. The molecule has 4 aliphatic rings. The zero-order valence-corrected chi connectivity index (χ0v) is 42.4. The van der Waals surface area contributed by atoms with Crippen LogP contribution in [0.25, 0.3) is 0 Å². The van der Waals surface area contributed by atoms with E-state index in [2.05, 4.69) is 44.2 Å². The van der Waals surface area contributed by atoms with E-state index >= 15 is 4.39 Å². The lowest BCUT2D eigenvalue weighted by Crippen LogP contribution is -2.56. The number of carbonyl (C=O) groups is 6. The summed E-state index contributed by atoms with van der Waals surface area (Å²) in [4.78, 5) is 86.0. The van der Waals surface area contributed by atoms with Gasteiger partial charge in [-0.05, 0) is 119 Å². The first-order valence-electron chi connectivity index (χ1n) is 24.5. The fourth-order valence-electron chi connectivity index (χ4n) is 10.3. The normalized spacial score (nSPS) is 22.2. The second-order valence-electron chi connectivity index (χ2n) is 19.6. The van der Waals surface area contributed by atoms with Crippen LogP contribution < -0.4 is 31.1 Å². The van der Waals surface area contributed by atoms with Gasteiger partial charge in [0.25, 0.3) is 0 Å². The first kappa shape index (κ1) is 51.6. The number of ether oxygens (including phenoxy) is 3. The van der Waals surface area contributed by atoms with E-state index < -0.39 is 56.4 Å². The molecule has 6 amide bonds. The number of alkyl carbamates (subject to hydrolysis) is 2. The quantitative estimate of drug-likeness (QED) is 0.113. The number of amides is 6. The summed E-state index contributed by atoms with van der Waals surface area (Å²) in [5, 5.41) is 11.1. The minimum Gasteiger partial charge on any atom is -0.453 e. The smallest absolute Gasteiger partial charge is 0.407 e. The van der Waals surface area contributed by atoms with Crippen LogP contribution in [-0.2, 0) is 33.4 Å². The van der Waals surface area contributed by atoms with Gasteiger partial charge in [-0.15, -0.1) is 20.2 Å². The zero-order chi connectivity index (χ0) is 50.3. The molecule has 7 rings (SSSR count). The molecule has 3 aromatic carbocycles. The molecular formula is C51H69FN8O9Si-. The van der Waals surface area contributed by atoms with Gasteiger partial charge in [-0.25, -0.2) is 14.0 Å². The topological polar surface area (TPSA) is 191 Å². The number of halogens is 1. The molecule has 19 heteroatoms. The van der Waals surface area contributed by atoms with Gasteiger partial charge in [0.2, 0.25) is 23.6 Å². The fraction of sp³-hybridized carbons (Fsp3) is 0.529. The molecule has 4 aliphatic heterocycles. The first-order chi connectivity index (χ1) is 33.6. The average molecular weight is 985 g/mol. The summed E-state index contributed by atoms with van der Waals surface area (Å²) in [6, 6.07) is 19.5. The van der Waals surface area contributed by atoms with E-state index in [1.54, 1.807) is 19.9 Å². The van der Waals surface area contributed by atoms with Crippen molar-refractivity contribution in [2.45, 2.75) is 126 Å². The number of anilines is 4. The molecule has 4 heterocycles. The monoisotopic (exact) mass is 984 g/mol. The number of methoxy groups -OCH3 is 3. The van der Waals surface area contributed by atoms with Crippen LogP contribution in [0.2, 0.25) is 25.2 Å². The van der Waals surface area contributed by atoms with E-state index in [9.17, 15) is 28.8 Å². The number of hydrogen-bond acceptors (Lipinski definition) is 11. The standard InChI is InChI=1S/C51H69FN8O9Si/c1-8-39(55-50(65)68-4)48(63)58-25-9-11-43(58)46(61)53-35-17-13-33(14-18-35)40-23-24-41(60(40)37-21-22-42(38(52)31-37)57-27-29-70(6,7)30-28-57)34-15-19-36(20-16-34)54-47(62)44-12-10-26-59(44)49(64)45(32(2)67-3)56-51(66)69-5/h13-22,31-32,39-41,43-45H,8-12,23-30H2,1-7H3,(H,53,61)(H,54,62)(H,55,65)(H,56,66)/q-1/t32-,39+,40-,41-,43+,44+,45+/m1/s1. The van der Waals surface area contributed by atoms with Gasteiger partial charge >= 0.3 is 12.2 Å². The molecular weight excluding hydrogens is 916 g/mol. The van der Waals surface area contributed by atoms with Crippen LogP contribution in [0.4, 0.5) is 36.7 Å². The highest BCUT2D eigenvalue weighted by atomic mass is 28.3. The lowest BCUT2D eigenvalue weighted by atomic mass is 10.0. The Bertz CT molecular complexity index is 2360. The van der Waals surface area contributed by atoms with Crippen LogP contribution in [0.3, 0.4) is 0 Å². The van der Waals surface area contributed by atoms with Crippen molar-refractivity contribution in [3.8, 4) is 0 Å². The lowest BCUT2D eigenvalue weighted by molar-refractivity contribution is -0.141. The molecule has 4 fully saturated rings. The van der Waals surface area contributed by atoms with Crippen LogP contribution in [0.15, 0.2) is 66.7 Å². The fourth-order valence-corrected chi connectivity index (χ4v) is 12.3. The number of hydrogen-bond donors (Lipinski definition) is 4. The molecule has 379 valence electrons. The predicted molar refractivity (Wildman–Crippen MR) is 268 cm³/mol. The van der Waals surface area contributed by atoms with Crippen LogP contribution in [0, 0.1) is 5.82 Å². The highest BCUT2D eigenvalue weighted by molar-refractivity contribution is 6.77. The van der Waals surface area contributed by atoms with E-state index in [0.717, 1.165) is 54.8 Å². The van der Waals surface area contributed by atoms with Crippen LogP contribution in [-0.4, -0.2) is 131 Å². The molecule has 0 unspecified atom stereocenters. The number of rotatable bonds is 15. The summed E-state index contributed by atoms with van der Waals surface area (Å²) in [7, 11) is 2.61. The average Bonchev–Trinajstić information content (AvgIpc) is 4.16. The highest BCUT2D eigenvalue weighted by Crippen LogP contribution is 2.48. The Labute approximate surface area is 411 Å². The highest BCUT2D eigenvalue weighted by Gasteiger charge is 2.41. The maximum atomic E-state index is 16.4. The Morgan fingerprint density at radius 2 is 1.19 bits per heavy atom. The zero-order valence-electron chi connectivity index (χ0n) is 41.4. The summed E-state index contributed by atoms with van der Waals surface area (Å²) in [5.41, 5.74) is 4.43. The summed E-state index contributed by atoms with van der Waals surface area (Å²) in [5.74, 6) is -1.68. The van der Waals surface area contributed by atoms with E-state index in [1.807, 2.05) is 60.7 Å². The van der Waals surface area contributed by atoms with E-state index in [4.69, 9.17) is 14.2 Å². The third-order valence-corrected chi connectivity index (χ3v) is 17.8. The number of benzene rings is 3. The largest absolute Gasteiger partial charge is 0.453 e. The Kier molecular flexibility index (Phi) is 16.7. The molecule has 0 radical (unpaired) electrons. The molecule has 0 aromatic heterocycles. The van der Waals surface area contributed by atoms with Crippen molar-refractivity contribution in [2.24, 2.45) is 0 Å². The van der Waals surface area contributed by atoms with Gasteiger partial charge in [0.1, 0.15) is 30.0 Å². The number of nitrogens with zero attached hydrogens (tertiary/aromatic N) is 4. The van der Waals surface area contributed by atoms with E-state index in [0.29, 0.717) is 62.3 Å². The summed E-state index contributed by atoms with van der Waals surface area (Å²) >= 11 is 0. The first-order valence-corrected chi connectivity index (χ1v) is 27.9. The maximum Gasteiger partial charge on any atom is 0.407 e. The van der Waals surface area contributed by atoms with Gasteiger partial charge in [-0.2, -0.15) is 13.1 Å². The summed E-state index contributed by atoms with van der Waals surface area (Å²) in [6.07, 6.45) is 1.91. The van der Waals surface area contributed by atoms with Crippen molar-refractivity contribution >= 4 is 66.6 Å². The van der Waals surface area contributed by atoms with Crippen LogP contribution >= 0.6 is 0 Å². The third kappa shape index (κ3) is 11.7. The Morgan fingerprint density at radius 1 is 0.686 bits per heavy atom.